The normalized spacial score (nSPS) is 19.0. The standard InChI is InChI=1S/C18H18N4O6/c19-13(23)6-8-28-9-7-20-11-3-1-2-10-15(11)18(27)22(17(10)26)12-4-5-14(24)21-16(12)25/h1-3,6,8,12,20H,4-5,7,9H2,(H2,19,23)(H,21,24,25). The maximum atomic E-state index is 12.9. The van der Waals surface area contributed by atoms with E-state index in [0.29, 0.717) is 12.2 Å². The third-order valence-corrected chi connectivity index (χ3v) is 4.33. The molecule has 1 atom stereocenters. The number of primary amides is 1. The largest absolute Gasteiger partial charge is 0.499 e. The molecule has 1 saturated heterocycles. The summed E-state index contributed by atoms with van der Waals surface area (Å²) in [4.78, 5) is 60.5. The van der Waals surface area contributed by atoms with Gasteiger partial charge in [0.15, 0.2) is 0 Å². The number of ether oxygens (including phenoxy) is 1. The van der Waals surface area contributed by atoms with Crippen LogP contribution in [0.15, 0.2) is 30.5 Å². The minimum Gasteiger partial charge on any atom is -0.499 e. The van der Waals surface area contributed by atoms with E-state index in [4.69, 9.17) is 10.5 Å². The van der Waals surface area contributed by atoms with E-state index in [1.54, 1.807) is 12.1 Å². The summed E-state index contributed by atoms with van der Waals surface area (Å²) in [7, 11) is 0. The summed E-state index contributed by atoms with van der Waals surface area (Å²) >= 11 is 0. The van der Waals surface area contributed by atoms with Crippen LogP contribution in [0, 0.1) is 0 Å². The molecule has 1 fully saturated rings. The number of hydrogen-bond acceptors (Lipinski definition) is 7. The van der Waals surface area contributed by atoms with Gasteiger partial charge < -0.3 is 15.8 Å². The molecule has 146 valence electrons. The summed E-state index contributed by atoms with van der Waals surface area (Å²) in [5.41, 5.74) is 5.72. The molecule has 10 nitrogen and oxygen atoms in total. The van der Waals surface area contributed by atoms with Crippen LogP contribution < -0.4 is 16.4 Å². The number of piperidine rings is 1. The zero-order chi connectivity index (χ0) is 20.3. The second-order valence-electron chi connectivity index (χ2n) is 6.18. The predicted octanol–water partition coefficient (Wildman–Crippen LogP) is -0.485. The molecule has 0 aromatic heterocycles. The Kier molecular flexibility index (Phi) is 5.39. The molecule has 0 bridgehead atoms. The van der Waals surface area contributed by atoms with E-state index in [2.05, 4.69) is 10.6 Å². The maximum absolute atomic E-state index is 12.9. The van der Waals surface area contributed by atoms with Crippen LogP contribution in [0.4, 0.5) is 5.69 Å². The van der Waals surface area contributed by atoms with Crippen molar-refractivity contribution < 1.29 is 28.7 Å². The molecule has 2 heterocycles. The van der Waals surface area contributed by atoms with E-state index in [0.717, 1.165) is 11.0 Å². The van der Waals surface area contributed by atoms with E-state index < -0.39 is 35.6 Å². The molecule has 1 aromatic rings. The second-order valence-corrected chi connectivity index (χ2v) is 6.18. The molecule has 1 aromatic carbocycles. The molecule has 10 heteroatoms. The second kappa shape index (κ2) is 7.91. The van der Waals surface area contributed by atoms with Gasteiger partial charge in [0.1, 0.15) is 12.6 Å². The van der Waals surface area contributed by atoms with Crippen LogP contribution in [-0.4, -0.2) is 53.6 Å². The number of nitrogens with two attached hydrogens (primary N) is 1. The van der Waals surface area contributed by atoms with Crippen LogP contribution in [0.5, 0.6) is 0 Å². The van der Waals surface area contributed by atoms with Crippen molar-refractivity contribution in [3.63, 3.8) is 0 Å². The number of carbonyl (C=O) groups is 5. The maximum Gasteiger partial charge on any atom is 0.264 e. The number of hydrogen-bond donors (Lipinski definition) is 3. The molecule has 2 aliphatic heterocycles. The summed E-state index contributed by atoms with van der Waals surface area (Å²) < 4.78 is 5.08. The summed E-state index contributed by atoms with van der Waals surface area (Å²) in [5.74, 6) is -2.88. The van der Waals surface area contributed by atoms with Gasteiger partial charge in [-0.3, -0.25) is 34.2 Å². The Bertz CT molecular complexity index is 894. The Morgan fingerprint density at radius 3 is 2.79 bits per heavy atom. The van der Waals surface area contributed by atoms with Gasteiger partial charge in [0.25, 0.3) is 11.8 Å². The van der Waals surface area contributed by atoms with Gasteiger partial charge >= 0.3 is 0 Å². The monoisotopic (exact) mass is 386 g/mol. The highest BCUT2D eigenvalue weighted by Gasteiger charge is 2.45. The molecule has 0 radical (unpaired) electrons. The first-order valence-electron chi connectivity index (χ1n) is 8.56. The van der Waals surface area contributed by atoms with Crippen molar-refractivity contribution in [2.45, 2.75) is 18.9 Å². The summed E-state index contributed by atoms with van der Waals surface area (Å²) in [6.45, 7) is 0.478. The van der Waals surface area contributed by atoms with E-state index in [9.17, 15) is 24.0 Å². The van der Waals surface area contributed by atoms with Crippen LogP contribution in [-0.2, 0) is 19.1 Å². The van der Waals surface area contributed by atoms with Gasteiger partial charge in [0.2, 0.25) is 17.7 Å². The number of carbonyl (C=O) groups excluding carboxylic acids is 5. The Labute approximate surface area is 159 Å². The van der Waals surface area contributed by atoms with Crippen LogP contribution >= 0.6 is 0 Å². The van der Waals surface area contributed by atoms with Gasteiger partial charge in [0.05, 0.1) is 17.4 Å². The number of benzene rings is 1. The molecule has 3 rings (SSSR count). The van der Waals surface area contributed by atoms with Crippen molar-refractivity contribution in [3.8, 4) is 0 Å². The lowest BCUT2D eigenvalue weighted by atomic mass is 10.0. The van der Waals surface area contributed by atoms with Crippen LogP contribution in [0.1, 0.15) is 33.6 Å². The van der Waals surface area contributed by atoms with E-state index in [1.165, 1.54) is 12.3 Å². The van der Waals surface area contributed by atoms with Crippen molar-refractivity contribution in [2.75, 3.05) is 18.5 Å². The number of amides is 5. The fourth-order valence-corrected chi connectivity index (χ4v) is 3.09. The Morgan fingerprint density at radius 2 is 2.07 bits per heavy atom. The van der Waals surface area contributed by atoms with Gasteiger partial charge in [-0.25, -0.2) is 0 Å². The molecule has 5 amide bonds. The fraction of sp³-hybridized carbons (Fsp3) is 0.278. The number of anilines is 1. The van der Waals surface area contributed by atoms with Gasteiger partial charge in [-0.05, 0) is 18.6 Å². The Balaban J connectivity index is 1.72. The first-order valence-corrected chi connectivity index (χ1v) is 8.56. The minimum absolute atomic E-state index is 0.0606. The van der Waals surface area contributed by atoms with E-state index in [-0.39, 0.29) is 30.6 Å². The van der Waals surface area contributed by atoms with Crippen LogP contribution in [0.25, 0.3) is 0 Å². The SMILES string of the molecule is NC(=O)C=COCCNc1cccc2c1C(=O)N(C1CCC(=O)NC1=O)C2=O. The molecule has 0 spiro atoms. The highest BCUT2D eigenvalue weighted by atomic mass is 16.5. The molecule has 2 aliphatic rings. The number of imide groups is 2. The number of fused-ring (bicyclic) bond motifs is 1. The van der Waals surface area contributed by atoms with E-state index in [1.807, 2.05) is 0 Å². The molecule has 4 N–H and O–H groups in total. The van der Waals surface area contributed by atoms with Crippen molar-refractivity contribution in [1.82, 2.24) is 10.2 Å². The first-order chi connectivity index (χ1) is 13.4. The highest BCUT2D eigenvalue weighted by Crippen LogP contribution is 2.32. The van der Waals surface area contributed by atoms with Gasteiger partial charge in [-0.15, -0.1) is 0 Å². The Hall–Kier alpha value is -3.69. The average molecular weight is 386 g/mol. The zero-order valence-corrected chi connectivity index (χ0v) is 14.8. The molecule has 0 saturated carbocycles. The first kappa shape index (κ1) is 19.1. The number of nitrogens with one attached hydrogen (secondary N) is 2. The Morgan fingerprint density at radius 1 is 1.29 bits per heavy atom. The topological polar surface area (TPSA) is 148 Å². The number of nitrogens with zero attached hydrogens (tertiary/aromatic N) is 1. The van der Waals surface area contributed by atoms with E-state index >= 15 is 0 Å². The minimum atomic E-state index is -1.01. The fourth-order valence-electron chi connectivity index (χ4n) is 3.09. The molecule has 0 aliphatic carbocycles. The third-order valence-electron chi connectivity index (χ3n) is 4.33. The predicted molar refractivity (Wildman–Crippen MR) is 95.9 cm³/mol. The molecule has 1 unspecified atom stereocenters. The summed E-state index contributed by atoms with van der Waals surface area (Å²) in [6.07, 6.45) is 2.39. The quantitative estimate of drug-likeness (QED) is 0.248. The van der Waals surface area contributed by atoms with Crippen molar-refractivity contribution in [3.05, 3.63) is 41.7 Å². The van der Waals surface area contributed by atoms with Gasteiger partial charge in [-0.1, -0.05) is 6.07 Å². The summed E-state index contributed by atoms with van der Waals surface area (Å²) in [6, 6.07) is 3.75. The third kappa shape index (κ3) is 3.70. The van der Waals surface area contributed by atoms with Gasteiger partial charge in [0, 0.05) is 24.7 Å². The highest BCUT2D eigenvalue weighted by molar-refractivity contribution is 6.25. The summed E-state index contributed by atoms with van der Waals surface area (Å²) in [5, 5.41) is 5.15. The lowest BCUT2D eigenvalue weighted by Gasteiger charge is -2.27. The lowest BCUT2D eigenvalue weighted by Crippen LogP contribution is -2.54. The molecular formula is C18H18N4O6. The van der Waals surface area contributed by atoms with Crippen LogP contribution in [0.2, 0.25) is 0 Å². The smallest absolute Gasteiger partial charge is 0.264 e. The van der Waals surface area contributed by atoms with Gasteiger partial charge in [-0.2, -0.15) is 0 Å². The van der Waals surface area contributed by atoms with Crippen molar-refractivity contribution in [2.24, 2.45) is 5.73 Å². The molecule has 28 heavy (non-hydrogen) atoms. The average Bonchev–Trinajstić information content (AvgIpc) is 2.90. The van der Waals surface area contributed by atoms with Crippen LogP contribution in [0.3, 0.4) is 0 Å². The van der Waals surface area contributed by atoms with Crippen molar-refractivity contribution >= 4 is 35.2 Å². The van der Waals surface area contributed by atoms with Crippen molar-refractivity contribution in [1.29, 1.82) is 0 Å². The zero-order valence-electron chi connectivity index (χ0n) is 14.8. The molecular weight excluding hydrogens is 368 g/mol. The lowest BCUT2D eigenvalue weighted by molar-refractivity contribution is -0.136. The number of rotatable bonds is 7.